The Balaban J connectivity index is 3.14. The van der Waals surface area contributed by atoms with Crippen LogP contribution in [0.3, 0.4) is 0 Å². The minimum absolute atomic E-state index is 0.00218. The molecule has 0 fully saturated rings. The summed E-state index contributed by atoms with van der Waals surface area (Å²) in [5.41, 5.74) is 0. The lowest BCUT2D eigenvalue weighted by Gasteiger charge is -2.05. The highest BCUT2D eigenvalue weighted by Gasteiger charge is 2.02. The van der Waals surface area contributed by atoms with E-state index >= 15 is 0 Å². The van der Waals surface area contributed by atoms with Crippen molar-refractivity contribution in [2.24, 2.45) is 0 Å². The Kier molecular flexibility index (Phi) is 17.6. The van der Waals surface area contributed by atoms with Crippen molar-refractivity contribution in [3.63, 3.8) is 0 Å². The first kappa shape index (κ1) is 21.2. The Hall–Kier alpha value is -0.790. The van der Waals surface area contributed by atoms with E-state index in [4.69, 9.17) is 4.74 Å². The van der Waals surface area contributed by atoms with Crippen molar-refractivity contribution in [3.05, 3.63) is 12.7 Å². The molecular formula is C20H38O2. The number of allylic oxidation sites excluding steroid dienone is 1. The SMILES string of the molecule is C=CCCCCCCCCC(=O)OCCCCCCCCC. The first-order valence-electron chi connectivity index (χ1n) is 9.57. The number of ether oxygens (including phenoxy) is 1. The van der Waals surface area contributed by atoms with Crippen molar-refractivity contribution in [1.29, 1.82) is 0 Å². The highest BCUT2D eigenvalue weighted by molar-refractivity contribution is 5.69. The Morgan fingerprint density at radius 1 is 0.818 bits per heavy atom. The average molecular weight is 311 g/mol. The van der Waals surface area contributed by atoms with Crippen LogP contribution in [0, 0.1) is 0 Å². The fourth-order valence-electron chi connectivity index (χ4n) is 2.58. The minimum Gasteiger partial charge on any atom is -0.466 e. The molecule has 0 aliphatic carbocycles. The molecule has 0 unspecified atom stereocenters. The van der Waals surface area contributed by atoms with Gasteiger partial charge in [0.25, 0.3) is 0 Å². The highest BCUT2D eigenvalue weighted by atomic mass is 16.5. The van der Waals surface area contributed by atoms with Crippen LogP contribution >= 0.6 is 0 Å². The monoisotopic (exact) mass is 310 g/mol. The first-order chi connectivity index (χ1) is 10.8. The van der Waals surface area contributed by atoms with Gasteiger partial charge in [-0.25, -0.2) is 0 Å². The van der Waals surface area contributed by atoms with Crippen molar-refractivity contribution in [3.8, 4) is 0 Å². The molecule has 0 aliphatic rings. The van der Waals surface area contributed by atoms with Crippen molar-refractivity contribution < 1.29 is 9.53 Å². The van der Waals surface area contributed by atoms with Crippen molar-refractivity contribution in [2.45, 2.75) is 103 Å². The summed E-state index contributed by atoms with van der Waals surface area (Å²) in [7, 11) is 0. The van der Waals surface area contributed by atoms with Crippen molar-refractivity contribution >= 4 is 5.97 Å². The summed E-state index contributed by atoms with van der Waals surface area (Å²) < 4.78 is 5.28. The quantitative estimate of drug-likeness (QED) is 0.172. The smallest absolute Gasteiger partial charge is 0.305 e. The van der Waals surface area contributed by atoms with E-state index in [0.717, 1.165) is 25.7 Å². The number of carbonyl (C=O) groups is 1. The molecule has 0 atom stereocenters. The molecule has 0 heterocycles. The van der Waals surface area contributed by atoms with E-state index in [1.807, 2.05) is 6.08 Å². The summed E-state index contributed by atoms with van der Waals surface area (Å²) in [5, 5.41) is 0. The van der Waals surface area contributed by atoms with Crippen LogP contribution < -0.4 is 0 Å². The third kappa shape index (κ3) is 17.3. The standard InChI is InChI=1S/C20H38O2/c1-3-5-7-9-11-12-14-16-18-20(21)22-19-17-15-13-10-8-6-4-2/h3H,1,4-19H2,2H3. The van der Waals surface area contributed by atoms with Crippen LogP contribution in [0.25, 0.3) is 0 Å². The zero-order chi connectivity index (χ0) is 16.3. The summed E-state index contributed by atoms with van der Waals surface area (Å²) in [4.78, 5) is 11.6. The lowest BCUT2D eigenvalue weighted by molar-refractivity contribution is -0.143. The molecule has 0 N–H and O–H groups in total. The van der Waals surface area contributed by atoms with Crippen molar-refractivity contribution in [1.82, 2.24) is 0 Å². The molecule has 22 heavy (non-hydrogen) atoms. The molecule has 0 aromatic heterocycles. The highest BCUT2D eigenvalue weighted by Crippen LogP contribution is 2.10. The molecule has 0 aromatic carbocycles. The van der Waals surface area contributed by atoms with E-state index in [-0.39, 0.29) is 5.97 Å². The molecule has 2 heteroatoms. The first-order valence-corrected chi connectivity index (χ1v) is 9.57. The van der Waals surface area contributed by atoms with Gasteiger partial charge in [0, 0.05) is 6.42 Å². The predicted octanol–water partition coefficient (Wildman–Crippen LogP) is 6.59. The molecule has 0 aliphatic heterocycles. The zero-order valence-electron chi connectivity index (χ0n) is 14.9. The second-order valence-electron chi connectivity index (χ2n) is 6.29. The summed E-state index contributed by atoms with van der Waals surface area (Å²) in [6.45, 7) is 6.59. The van der Waals surface area contributed by atoms with Crippen LogP contribution in [0.1, 0.15) is 103 Å². The lowest BCUT2D eigenvalue weighted by atomic mass is 10.1. The summed E-state index contributed by atoms with van der Waals surface area (Å²) in [6.07, 6.45) is 19.7. The second-order valence-corrected chi connectivity index (χ2v) is 6.29. The van der Waals surface area contributed by atoms with E-state index in [2.05, 4.69) is 13.5 Å². The molecule has 0 spiro atoms. The van der Waals surface area contributed by atoms with Gasteiger partial charge >= 0.3 is 5.97 Å². The predicted molar refractivity (Wildman–Crippen MR) is 96.1 cm³/mol. The lowest BCUT2D eigenvalue weighted by Crippen LogP contribution is -2.05. The number of hydrogen-bond donors (Lipinski definition) is 0. The maximum Gasteiger partial charge on any atom is 0.305 e. The molecular weight excluding hydrogens is 272 g/mol. The average Bonchev–Trinajstić information content (AvgIpc) is 2.52. The minimum atomic E-state index is -0.00218. The van der Waals surface area contributed by atoms with Crippen LogP contribution in [-0.2, 0) is 9.53 Å². The molecule has 0 bridgehead atoms. The van der Waals surface area contributed by atoms with Crippen LogP contribution in [0.2, 0.25) is 0 Å². The molecule has 0 aromatic rings. The van der Waals surface area contributed by atoms with Crippen LogP contribution in [-0.4, -0.2) is 12.6 Å². The van der Waals surface area contributed by atoms with Gasteiger partial charge in [-0.05, 0) is 25.7 Å². The van der Waals surface area contributed by atoms with Crippen LogP contribution in [0.5, 0.6) is 0 Å². The topological polar surface area (TPSA) is 26.3 Å². The number of carbonyl (C=O) groups excluding carboxylic acids is 1. The van der Waals surface area contributed by atoms with Gasteiger partial charge in [-0.3, -0.25) is 4.79 Å². The molecule has 0 saturated heterocycles. The van der Waals surface area contributed by atoms with Gasteiger partial charge in [0.1, 0.15) is 0 Å². The Bertz CT molecular complexity index is 248. The van der Waals surface area contributed by atoms with E-state index in [0.29, 0.717) is 13.0 Å². The third-order valence-corrected chi connectivity index (χ3v) is 4.05. The summed E-state index contributed by atoms with van der Waals surface area (Å²) >= 11 is 0. The molecule has 130 valence electrons. The third-order valence-electron chi connectivity index (χ3n) is 4.05. The molecule has 0 rings (SSSR count). The summed E-state index contributed by atoms with van der Waals surface area (Å²) in [6, 6.07) is 0. The van der Waals surface area contributed by atoms with Gasteiger partial charge in [-0.2, -0.15) is 0 Å². The molecule has 0 saturated carbocycles. The zero-order valence-corrected chi connectivity index (χ0v) is 14.9. The van der Waals surface area contributed by atoms with Gasteiger partial charge in [0.05, 0.1) is 6.61 Å². The van der Waals surface area contributed by atoms with Crippen LogP contribution in [0.4, 0.5) is 0 Å². The van der Waals surface area contributed by atoms with Gasteiger partial charge in [0.2, 0.25) is 0 Å². The Morgan fingerprint density at radius 3 is 2.00 bits per heavy atom. The van der Waals surface area contributed by atoms with Gasteiger partial charge < -0.3 is 4.74 Å². The van der Waals surface area contributed by atoms with Gasteiger partial charge in [0.15, 0.2) is 0 Å². The number of hydrogen-bond acceptors (Lipinski definition) is 2. The van der Waals surface area contributed by atoms with E-state index in [1.54, 1.807) is 0 Å². The van der Waals surface area contributed by atoms with Gasteiger partial charge in [-0.1, -0.05) is 77.2 Å². The largest absolute Gasteiger partial charge is 0.466 e. The van der Waals surface area contributed by atoms with E-state index in [1.165, 1.54) is 64.2 Å². The number of esters is 1. The van der Waals surface area contributed by atoms with E-state index in [9.17, 15) is 4.79 Å². The maximum atomic E-state index is 11.6. The fourth-order valence-corrected chi connectivity index (χ4v) is 2.58. The summed E-state index contributed by atoms with van der Waals surface area (Å²) in [5.74, 6) is -0.00218. The van der Waals surface area contributed by atoms with E-state index < -0.39 is 0 Å². The Morgan fingerprint density at radius 2 is 1.36 bits per heavy atom. The molecule has 0 radical (unpaired) electrons. The number of rotatable bonds is 17. The number of unbranched alkanes of at least 4 members (excludes halogenated alkanes) is 12. The fraction of sp³-hybridized carbons (Fsp3) is 0.850. The van der Waals surface area contributed by atoms with Crippen molar-refractivity contribution in [2.75, 3.05) is 6.61 Å². The van der Waals surface area contributed by atoms with Crippen LogP contribution in [0.15, 0.2) is 12.7 Å². The van der Waals surface area contributed by atoms with Gasteiger partial charge in [-0.15, -0.1) is 6.58 Å². The Labute approximate surface area is 138 Å². The normalized spacial score (nSPS) is 10.6. The molecule has 0 amide bonds. The second kappa shape index (κ2) is 18.3. The maximum absolute atomic E-state index is 11.6. The molecule has 2 nitrogen and oxygen atoms in total.